The molecule has 0 saturated heterocycles. The van der Waals surface area contributed by atoms with Gasteiger partial charge in [0.05, 0.1) is 23.6 Å². The number of nitrogens with zero attached hydrogens (tertiary/aromatic N) is 5. The Kier molecular flexibility index (Phi) is 5.46. The molecule has 34 heavy (non-hydrogen) atoms. The van der Waals surface area contributed by atoms with E-state index in [0.717, 1.165) is 5.56 Å². The first-order chi connectivity index (χ1) is 16.3. The van der Waals surface area contributed by atoms with Gasteiger partial charge in [-0.1, -0.05) is 52.7 Å². The zero-order valence-corrected chi connectivity index (χ0v) is 19.7. The van der Waals surface area contributed by atoms with Crippen LogP contribution in [-0.4, -0.2) is 24.5 Å². The molecule has 0 bridgehead atoms. The molecule has 0 aliphatic rings. The molecular formula is C25H18Cl2FN5O. The molecule has 3 heterocycles. The highest BCUT2D eigenvalue weighted by molar-refractivity contribution is 6.31. The van der Waals surface area contributed by atoms with Crippen LogP contribution in [0.1, 0.15) is 17.0 Å². The molecule has 0 fully saturated rings. The van der Waals surface area contributed by atoms with Crippen molar-refractivity contribution in [2.45, 2.75) is 5.67 Å². The molecule has 5 rings (SSSR count). The molecule has 6 nitrogen and oxygen atoms in total. The van der Waals surface area contributed by atoms with Crippen LogP contribution in [0.15, 0.2) is 77.9 Å². The van der Waals surface area contributed by atoms with Gasteiger partial charge in [0.2, 0.25) is 5.67 Å². The monoisotopic (exact) mass is 493 g/mol. The zero-order valence-electron chi connectivity index (χ0n) is 18.2. The highest BCUT2D eigenvalue weighted by atomic mass is 35.5. The van der Waals surface area contributed by atoms with Crippen LogP contribution < -0.4 is 5.56 Å². The molecule has 9 heteroatoms. The Morgan fingerprint density at radius 1 is 0.941 bits per heavy atom. The Morgan fingerprint density at radius 3 is 2.38 bits per heavy atom. The lowest BCUT2D eigenvalue weighted by Gasteiger charge is -2.26. The van der Waals surface area contributed by atoms with Crippen LogP contribution in [0.3, 0.4) is 0 Å². The Balaban J connectivity index is 1.84. The van der Waals surface area contributed by atoms with Crippen LogP contribution in [0.25, 0.3) is 22.0 Å². The molecule has 0 N–H and O–H groups in total. The maximum atomic E-state index is 17.2. The van der Waals surface area contributed by atoms with Gasteiger partial charge in [0, 0.05) is 41.2 Å². The minimum absolute atomic E-state index is 0.120. The predicted molar refractivity (Wildman–Crippen MR) is 131 cm³/mol. The third-order valence-electron chi connectivity index (χ3n) is 5.93. The van der Waals surface area contributed by atoms with Crippen LogP contribution in [0.2, 0.25) is 10.0 Å². The molecule has 0 aliphatic carbocycles. The van der Waals surface area contributed by atoms with Crippen molar-refractivity contribution in [2.75, 3.05) is 0 Å². The van der Waals surface area contributed by atoms with Crippen LogP contribution >= 0.6 is 23.2 Å². The molecule has 170 valence electrons. The molecule has 2 aromatic carbocycles. The van der Waals surface area contributed by atoms with Crippen molar-refractivity contribution in [2.24, 2.45) is 14.1 Å². The maximum Gasteiger partial charge on any atom is 0.251 e. The van der Waals surface area contributed by atoms with Crippen molar-refractivity contribution < 1.29 is 4.39 Å². The third-order valence-corrected chi connectivity index (χ3v) is 6.42. The van der Waals surface area contributed by atoms with Crippen molar-refractivity contribution >= 4 is 34.1 Å². The number of hydrogen-bond donors (Lipinski definition) is 0. The summed E-state index contributed by atoms with van der Waals surface area (Å²) >= 11 is 12.3. The largest absolute Gasteiger partial charge is 0.310 e. The van der Waals surface area contributed by atoms with Crippen molar-refractivity contribution in [3.05, 3.63) is 110 Å². The van der Waals surface area contributed by atoms with E-state index in [9.17, 15) is 4.79 Å². The Labute approximate surface area is 204 Å². The van der Waals surface area contributed by atoms with E-state index in [1.807, 2.05) is 6.07 Å². The van der Waals surface area contributed by atoms with Gasteiger partial charge in [-0.05, 0) is 41.5 Å². The average molecular weight is 494 g/mol. The van der Waals surface area contributed by atoms with E-state index in [4.69, 9.17) is 23.2 Å². The highest BCUT2D eigenvalue weighted by Gasteiger charge is 2.41. The lowest BCUT2D eigenvalue weighted by atomic mass is 9.87. The van der Waals surface area contributed by atoms with Crippen LogP contribution in [-0.2, 0) is 19.8 Å². The van der Waals surface area contributed by atoms with E-state index in [-0.39, 0.29) is 16.9 Å². The molecule has 1 atom stereocenters. The van der Waals surface area contributed by atoms with Gasteiger partial charge in [-0.15, -0.1) is 5.10 Å². The Hall–Kier alpha value is -3.55. The number of rotatable bonds is 4. The molecule has 0 aliphatic heterocycles. The fourth-order valence-corrected chi connectivity index (χ4v) is 4.46. The van der Waals surface area contributed by atoms with Crippen LogP contribution in [0, 0.1) is 0 Å². The molecule has 0 radical (unpaired) electrons. The number of aromatic nitrogens is 5. The third kappa shape index (κ3) is 3.57. The summed E-state index contributed by atoms with van der Waals surface area (Å²) in [6, 6.07) is 16.8. The number of alkyl halides is 1. The predicted octanol–water partition coefficient (Wildman–Crippen LogP) is 5.30. The average Bonchev–Trinajstić information content (AvgIpc) is 3.27. The quantitative estimate of drug-likeness (QED) is 0.340. The molecule has 5 aromatic rings. The van der Waals surface area contributed by atoms with Gasteiger partial charge in [-0.3, -0.25) is 9.78 Å². The van der Waals surface area contributed by atoms with Crippen LogP contribution in [0.5, 0.6) is 0 Å². The number of pyridine rings is 2. The van der Waals surface area contributed by atoms with E-state index in [1.54, 1.807) is 62.6 Å². The number of fused-ring (bicyclic) bond motifs is 1. The first kappa shape index (κ1) is 22.3. The summed E-state index contributed by atoms with van der Waals surface area (Å²) in [5, 5.41) is 9.47. The van der Waals surface area contributed by atoms with E-state index in [2.05, 4.69) is 15.3 Å². The Morgan fingerprint density at radius 2 is 1.71 bits per heavy atom. The summed E-state index contributed by atoms with van der Waals surface area (Å²) in [5.74, 6) is 0. The molecule has 0 unspecified atom stereocenters. The van der Waals surface area contributed by atoms with Gasteiger partial charge in [0.15, 0.2) is 0 Å². The number of hydrogen-bond acceptors (Lipinski definition) is 4. The summed E-state index contributed by atoms with van der Waals surface area (Å²) in [6.07, 6.45) is 2.88. The highest BCUT2D eigenvalue weighted by Crippen LogP contribution is 2.41. The first-order valence-electron chi connectivity index (χ1n) is 10.4. The fraction of sp³-hybridized carbons (Fsp3) is 0.120. The van der Waals surface area contributed by atoms with Crippen molar-refractivity contribution in [3.63, 3.8) is 0 Å². The summed E-state index contributed by atoms with van der Waals surface area (Å²) in [5.41, 5.74) is 0.187. The maximum absolute atomic E-state index is 17.2. The van der Waals surface area contributed by atoms with Crippen LogP contribution in [0.4, 0.5) is 4.39 Å². The molecule has 0 spiro atoms. The second-order valence-electron chi connectivity index (χ2n) is 7.96. The topological polar surface area (TPSA) is 65.6 Å². The molecule has 0 amide bonds. The minimum atomic E-state index is -2.18. The number of benzene rings is 2. The number of aryl methyl sites for hydroxylation is 2. The van der Waals surface area contributed by atoms with Gasteiger partial charge >= 0.3 is 0 Å². The standard InChI is InChI=1S/C25H18Cl2FN5O/c1-32-21-13-29-22(11-20(21)19(12-24(32)34)15-4-3-5-18(27)10-15)25(28,23-14-30-31-33(23)2)16-6-8-17(26)9-7-16/h3-14H,1-2H3/t25-/m1/s1. The van der Waals surface area contributed by atoms with E-state index < -0.39 is 5.67 Å². The van der Waals surface area contributed by atoms with E-state index >= 15 is 4.39 Å². The lowest BCUT2D eigenvalue weighted by Crippen LogP contribution is -2.28. The molecular weight excluding hydrogens is 476 g/mol. The van der Waals surface area contributed by atoms with Crippen molar-refractivity contribution in [1.82, 2.24) is 24.5 Å². The van der Waals surface area contributed by atoms with Gasteiger partial charge < -0.3 is 4.57 Å². The smallest absolute Gasteiger partial charge is 0.251 e. The zero-order chi connectivity index (χ0) is 24.0. The second-order valence-corrected chi connectivity index (χ2v) is 8.83. The van der Waals surface area contributed by atoms with Crippen molar-refractivity contribution in [1.29, 1.82) is 0 Å². The van der Waals surface area contributed by atoms with Gasteiger partial charge in [-0.2, -0.15) is 0 Å². The van der Waals surface area contributed by atoms with Gasteiger partial charge in [0.1, 0.15) is 5.69 Å². The molecule has 3 aromatic heterocycles. The molecule has 0 saturated carbocycles. The normalized spacial score (nSPS) is 13.2. The van der Waals surface area contributed by atoms with Gasteiger partial charge in [-0.25, -0.2) is 9.07 Å². The summed E-state index contributed by atoms with van der Waals surface area (Å²) < 4.78 is 20.1. The SMILES string of the molecule is Cn1nncc1[C@@](F)(c1ccc(Cl)cc1)c1cc2c(-c3cccc(Cl)c3)cc(=O)n(C)c2cn1. The van der Waals surface area contributed by atoms with Gasteiger partial charge in [0.25, 0.3) is 5.56 Å². The summed E-state index contributed by atoms with van der Waals surface area (Å²) in [6.45, 7) is 0. The van der Waals surface area contributed by atoms with E-state index in [0.29, 0.717) is 32.1 Å². The fourth-order valence-electron chi connectivity index (χ4n) is 4.14. The Bertz CT molecular complexity index is 1600. The second kappa shape index (κ2) is 8.34. The first-order valence-corrected chi connectivity index (χ1v) is 11.1. The lowest BCUT2D eigenvalue weighted by molar-refractivity contribution is 0.257. The summed E-state index contributed by atoms with van der Waals surface area (Å²) in [4.78, 5) is 17.1. The summed E-state index contributed by atoms with van der Waals surface area (Å²) in [7, 11) is 3.27. The number of halogens is 3. The van der Waals surface area contributed by atoms with E-state index in [1.165, 1.54) is 27.7 Å². The van der Waals surface area contributed by atoms with Crippen molar-refractivity contribution in [3.8, 4) is 11.1 Å². The minimum Gasteiger partial charge on any atom is -0.310 e.